The molecule has 2 heterocycles. The van der Waals surface area contributed by atoms with E-state index < -0.39 is 5.97 Å². The predicted molar refractivity (Wildman–Crippen MR) is 72.5 cm³/mol. The van der Waals surface area contributed by atoms with Crippen molar-refractivity contribution in [2.45, 2.75) is 38.3 Å². The Bertz CT molecular complexity index is 497. The highest BCUT2D eigenvalue weighted by Crippen LogP contribution is 2.29. The number of furan rings is 1. The fourth-order valence-corrected chi connectivity index (χ4v) is 2.72. The van der Waals surface area contributed by atoms with E-state index in [0.717, 1.165) is 25.8 Å². The molecule has 2 rings (SSSR count). The van der Waals surface area contributed by atoms with E-state index in [1.165, 1.54) is 6.07 Å². The van der Waals surface area contributed by atoms with Crippen molar-refractivity contribution in [2.24, 2.45) is 0 Å². The third-order valence-electron chi connectivity index (χ3n) is 3.84. The van der Waals surface area contributed by atoms with Crippen LogP contribution < -0.4 is 5.32 Å². The van der Waals surface area contributed by atoms with Crippen molar-refractivity contribution in [3.63, 3.8) is 0 Å². The summed E-state index contributed by atoms with van der Waals surface area (Å²) in [6, 6.07) is 2.82. The summed E-state index contributed by atoms with van der Waals surface area (Å²) < 4.78 is 5.35. The van der Waals surface area contributed by atoms with Gasteiger partial charge in [0.05, 0.1) is 12.1 Å². The Labute approximate surface area is 117 Å². The summed E-state index contributed by atoms with van der Waals surface area (Å²) >= 11 is 0. The van der Waals surface area contributed by atoms with Gasteiger partial charge < -0.3 is 14.8 Å². The SMILES string of the molecule is CNC(=O)C1CCCCN1C(C)c1ccc(C(=O)O)o1. The number of hydrogen-bond acceptors (Lipinski definition) is 4. The number of carbonyl (C=O) groups excluding carboxylic acids is 1. The van der Waals surface area contributed by atoms with Gasteiger partial charge in [-0.3, -0.25) is 9.69 Å². The number of aromatic carboxylic acids is 1. The first-order valence-corrected chi connectivity index (χ1v) is 6.85. The number of carboxylic acid groups (broad SMARTS) is 1. The molecule has 2 unspecified atom stereocenters. The minimum Gasteiger partial charge on any atom is -0.475 e. The lowest BCUT2D eigenvalue weighted by Crippen LogP contribution is -2.49. The standard InChI is InChI=1S/C14H20N2O4/c1-9(11-6-7-12(20-11)14(18)19)16-8-4-3-5-10(16)13(17)15-2/h6-7,9-10H,3-5,8H2,1-2H3,(H,15,17)(H,18,19). The van der Waals surface area contributed by atoms with Crippen LogP contribution in [0.3, 0.4) is 0 Å². The number of likely N-dealkylation sites (N-methyl/N-ethyl adjacent to an activating group) is 1. The molecule has 0 radical (unpaired) electrons. The van der Waals surface area contributed by atoms with Gasteiger partial charge in [0.1, 0.15) is 5.76 Å². The van der Waals surface area contributed by atoms with Crippen LogP contribution >= 0.6 is 0 Å². The average molecular weight is 280 g/mol. The van der Waals surface area contributed by atoms with E-state index in [0.29, 0.717) is 5.76 Å². The molecule has 0 aliphatic carbocycles. The molecular weight excluding hydrogens is 260 g/mol. The Morgan fingerprint density at radius 2 is 2.20 bits per heavy atom. The van der Waals surface area contributed by atoms with Crippen molar-refractivity contribution in [1.82, 2.24) is 10.2 Å². The lowest BCUT2D eigenvalue weighted by Gasteiger charge is -2.37. The highest BCUT2D eigenvalue weighted by atomic mass is 16.4. The molecule has 2 N–H and O–H groups in total. The highest BCUT2D eigenvalue weighted by Gasteiger charge is 2.33. The minimum atomic E-state index is -1.08. The molecule has 1 aromatic rings. The van der Waals surface area contributed by atoms with Gasteiger partial charge in [-0.25, -0.2) is 4.79 Å². The second-order valence-corrected chi connectivity index (χ2v) is 5.05. The van der Waals surface area contributed by atoms with Crippen LogP contribution in [0.1, 0.15) is 48.5 Å². The number of rotatable bonds is 4. The monoisotopic (exact) mass is 280 g/mol. The Hall–Kier alpha value is -1.82. The third kappa shape index (κ3) is 2.85. The molecule has 2 atom stereocenters. The summed E-state index contributed by atoms with van der Waals surface area (Å²) in [4.78, 5) is 24.9. The number of carbonyl (C=O) groups is 2. The first-order valence-electron chi connectivity index (χ1n) is 6.85. The summed E-state index contributed by atoms with van der Waals surface area (Å²) in [5, 5.41) is 11.6. The third-order valence-corrected chi connectivity index (χ3v) is 3.84. The molecule has 20 heavy (non-hydrogen) atoms. The fourth-order valence-electron chi connectivity index (χ4n) is 2.72. The van der Waals surface area contributed by atoms with Crippen LogP contribution in [0.25, 0.3) is 0 Å². The van der Waals surface area contributed by atoms with Crippen LogP contribution in [0.2, 0.25) is 0 Å². The molecule has 110 valence electrons. The zero-order chi connectivity index (χ0) is 14.7. The first-order chi connectivity index (χ1) is 9.54. The molecule has 6 heteroatoms. The van der Waals surface area contributed by atoms with Crippen molar-refractivity contribution >= 4 is 11.9 Å². The molecule has 1 aliphatic heterocycles. The average Bonchev–Trinajstić information content (AvgIpc) is 2.95. The smallest absolute Gasteiger partial charge is 0.371 e. The normalized spacial score (nSPS) is 21.4. The number of piperidine rings is 1. The number of nitrogens with zero attached hydrogens (tertiary/aromatic N) is 1. The molecule has 1 fully saturated rings. The quantitative estimate of drug-likeness (QED) is 0.876. The number of nitrogens with one attached hydrogen (secondary N) is 1. The second-order valence-electron chi connectivity index (χ2n) is 5.05. The Balaban J connectivity index is 2.18. The van der Waals surface area contributed by atoms with Gasteiger partial charge in [-0.15, -0.1) is 0 Å². The number of likely N-dealkylation sites (tertiary alicyclic amines) is 1. The molecule has 0 spiro atoms. The van der Waals surface area contributed by atoms with Gasteiger partial charge in [0.15, 0.2) is 0 Å². The summed E-state index contributed by atoms with van der Waals surface area (Å²) in [7, 11) is 1.63. The number of amides is 1. The van der Waals surface area contributed by atoms with Crippen LogP contribution in [0, 0.1) is 0 Å². The zero-order valence-corrected chi connectivity index (χ0v) is 11.8. The molecule has 1 saturated heterocycles. The minimum absolute atomic E-state index is 0.00145. The molecule has 1 aromatic heterocycles. The molecule has 1 aliphatic rings. The lowest BCUT2D eigenvalue weighted by atomic mass is 9.98. The van der Waals surface area contributed by atoms with E-state index in [1.54, 1.807) is 13.1 Å². The summed E-state index contributed by atoms with van der Waals surface area (Å²) in [6.45, 7) is 2.74. The topological polar surface area (TPSA) is 82.8 Å². The molecule has 1 amide bonds. The maximum atomic E-state index is 11.9. The lowest BCUT2D eigenvalue weighted by molar-refractivity contribution is -0.128. The molecule has 0 saturated carbocycles. The van der Waals surface area contributed by atoms with Crippen molar-refractivity contribution in [3.8, 4) is 0 Å². The second kappa shape index (κ2) is 6.09. The van der Waals surface area contributed by atoms with Gasteiger partial charge in [-0.1, -0.05) is 6.42 Å². The van der Waals surface area contributed by atoms with Gasteiger partial charge in [-0.05, 0) is 38.4 Å². The van der Waals surface area contributed by atoms with Gasteiger partial charge >= 0.3 is 5.97 Å². The molecular formula is C14H20N2O4. The van der Waals surface area contributed by atoms with Crippen LogP contribution in [0.15, 0.2) is 16.5 Å². The van der Waals surface area contributed by atoms with Crippen LogP contribution in [-0.4, -0.2) is 41.5 Å². The van der Waals surface area contributed by atoms with E-state index in [2.05, 4.69) is 10.2 Å². The Kier molecular flexibility index (Phi) is 4.44. The van der Waals surface area contributed by atoms with Crippen molar-refractivity contribution in [2.75, 3.05) is 13.6 Å². The summed E-state index contributed by atoms with van der Waals surface area (Å²) in [5.41, 5.74) is 0. The summed E-state index contributed by atoms with van der Waals surface area (Å²) in [5.74, 6) is -0.565. The predicted octanol–water partition coefficient (Wildman–Crippen LogP) is 1.64. The summed E-state index contributed by atoms with van der Waals surface area (Å²) in [6.07, 6.45) is 2.88. The maximum absolute atomic E-state index is 11.9. The largest absolute Gasteiger partial charge is 0.475 e. The maximum Gasteiger partial charge on any atom is 0.371 e. The van der Waals surface area contributed by atoms with Crippen molar-refractivity contribution < 1.29 is 19.1 Å². The van der Waals surface area contributed by atoms with Gasteiger partial charge in [0.2, 0.25) is 11.7 Å². The molecule has 0 aromatic carbocycles. The van der Waals surface area contributed by atoms with E-state index in [9.17, 15) is 9.59 Å². The van der Waals surface area contributed by atoms with E-state index in [4.69, 9.17) is 9.52 Å². The van der Waals surface area contributed by atoms with Crippen LogP contribution in [-0.2, 0) is 4.79 Å². The number of carboxylic acids is 1. The molecule has 6 nitrogen and oxygen atoms in total. The van der Waals surface area contributed by atoms with Gasteiger partial charge in [-0.2, -0.15) is 0 Å². The van der Waals surface area contributed by atoms with E-state index in [1.807, 2.05) is 6.92 Å². The van der Waals surface area contributed by atoms with Crippen molar-refractivity contribution in [1.29, 1.82) is 0 Å². The van der Waals surface area contributed by atoms with Crippen molar-refractivity contribution in [3.05, 3.63) is 23.7 Å². The Morgan fingerprint density at radius 3 is 2.80 bits per heavy atom. The Morgan fingerprint density at radius 1 is 1.45 bits per heavy atom. The first kappa shape index (κ1) is 14.6. The number of hydrogen-bond donors (Lipinski definition) is 2. The van der Waals surface area contributed by atoms with Crippen LogP contribution in [0.5, 0.6) is 0 Å². The van der Waals surface area contributed by atoms with E-state index in [-0.39, 0.29) is 23.8 Å². The van der Waals surface area contributed by atoms with Crippen LogP contribution in [0.4, 0.5) is 0 Å². The van der Waals surface area contributed by atoms with Gasteiger partial charge in [0, 0.05) is 7.05 Å². The molecule has 0 bridgehead atoms. The zero-order valence-electron chi connectivity index (χ0n) is 11.8. The highest BCUT2D eigenvalue weighted by molar-refractivity contribution is 5.84. The fraction of sp³-hybridized carbons (Fsp3) is 0.571. The van der Waals surface area contributed by atoms with Gasteiger partial charge in [0.25, 0.3) is 0 Å². The van der Waals surface area contributed by atoms with E-state index >= 15 is 0 Å².